The molecule has 0 radical (unpaired) electrons. The van der Waals surface area contributed by atoms with Crippen LogP contribution < -0.4 is 0 Å². The molecule has 0 heterocycles. The Balaban J connectivity index is 2.96. The van der Waals surface area contributed by atoms with Crippen molar-refractivity contribution >= 4 is 14.6 Å². The van der Waals surface area contributed by atoms with E-state index in [1.54, 1.807) is 0 Å². The van der Waals surface area contributed by atoms with Crippen LogP contribution in [0.2, 0.25) is 0 Å². The highest BCUT2D eigenvalue weighted by molar-refractivity contribution is 7.41. The molecule has 0 saturated carbocycles. The van der Waals surface area contributed by atoms with E-state index in [-0.39, 0.29) is 11.3 Å². The van der Waals surface area contributed by atoms with Gasteiger partial charge >= 0.3 is 14.6 Å². The number of aliphatic carboxylic acids is 1. The lowest BCUT2D eigenvalue weighted by Gasteiger charge is -2.38. The molecule has 0 amide bonds. The number of allylic oxidation sites excluding steroid dienone is 3. The van der Waals surface area contributed by atoms with Crippen molar-refractivity contribution in [2.75, 3.05) is 13.2 Å². The first-order valence-corrected chi connectivity index (χ1v) is 10.2. The third-order valence-electron chi connectivity index (χ3n) is 4.49. The number of hydrogen-bond donors (Lipinski definition) is 1. The predicted molar refractivity (Wildman–Crippen MR) is 101 cm³/mol. The molecular weight excluding hydrogens is 339 g/mol. The molecule has 0 aromatic carbocycles. The van der Waals surface area contributed by atoms with E-state index in [9.17, 15) is 9.90 Å². The number of carbonyl (C=O) groups is 1. The Bertz CT molecular complexity index is 504. The number of carboxylic acids is 1. The Morgan fingerprint density at radius 2 is 1.92 bits per heavy atom. The van der Waals surface area contributed by atoms with Crippen LogP contribution in [0.5, 0.6) is 0 Å². The van der Waals surface area contributed by atoms with E-state index in [1.165, 1.54) is 17.6 Å². The van der Waals surface area contributed by atoms with E-state index in [4.69, 9.17) is 13.6 Å². The summed E-state index contributed by atoms with van der Waals surface area (Å²) < 4.78 is 16.7. The average Bonchev–Trinajstić information content (AvgIpc) is 2.45. The molecule has 25 heavy (non-hydrogen) atoms. The number of carboxylic acid groups (broad SMARTS) is 1. The first-order valence-electron chi connectivity index (χ1n) is 9.08. The lowest BCUT2D eigenvalue weighted by molar-refractivity contribution is -0.131. The van der Waals surface area contributed by atoms with Gasteiger partial charge in [-0.3, -0.25) is 0 Å². The molecule has 1 unspecified atom stereocenters. The first kappa shape index (κ1) is 22.1. The van der Waals surface area contributed by atoms with Gasteiger partial charge in [0.05, 0.1) is 19.3 Å². The van der Waals surface area contributed by atoms with Gasteiger partial charge in [-0.1, -0.05) is 31.9 Å². The summed E-state index contributed by atoms with van der Waals surface area (Å²) in [6.45, 7) is 13.5. The molecule has 5 nitrogen and oxygen atoms in total. The van der Waals surface area contributed by atoms with E-state index < -0.39 is 14.6 Å². The van der Waals surface area contributed by atoms with Crippen LogP contribution in [0.15, 0.2) is 23.0 Å². The lowest BCUT2D eigenvalue weighted by atomic mass is 9.68. The summed E-state index contributed by atoms with van der Waals surface area (Å²) in [6, 6.07) is 0. The third-order valence-corrected chi connectivity index (χ3v) is 5.81. The zero-order chi connectivity index (χ0) is 19.0. The maximum atomic E-state index is 11.2. The molecule has 1 aliphatic rings. The van der Waals surface area contributed by atoms with Crippen molar-refractivity contribution in [3.63, 3.8) is 0 Å². The Hall–Kier alpha value is -0.900. The molecule has 0 aromatic rings. The first-order chi connectivity index (χ1) is 11.7. The smallest absolute Gasteiger partial charge is 0.396 e. The molecule has 0 fully saturated rings. The molecule has 0 bridgehead atoms. The van der Waals surface area contributed by atoms with Crippen LogP contribution in [-0.4, -0.2) is 24.3 Å². The van der Waals surface area contributed by atoms with Crippen LogP contribution in [0.1, 0.15) is 67.2 Å². The van der Waals surface area contributed by atoms with Crippen LogP contribution in [-0.2, 0) is 18.4 Å². The molecule has 0 spiro atoms. The summed E-state index contributed by atoms with van der Waals surface area (Å²) in [7, 11) is -1.56. The fraction of sp³-hybridized carbons (Fsp3) is 0.737. The summed E-state index contributed by atoms with van der Waals surface area (Å²) in [5, 5.41) is 9.19. The normalized spacial score (nSPS) is 19.2. The second kappa shape index (κ2) is 10.3. The topological polar surface area (TPSA) is 65.0 Å². The maximum Gasteiger partial charge on any atom is 0.396 e. The van der Waals surface area contributed by atoms with Crippen LogP contribution in [0.3, 0.4) is 0 Å². The van der Waals surface area contributed by atoms with Crippen molar-refractivity contribution in [3.8, 4) is 0 Å². The molecular formula is C19H33O5P. The van der Waals surface area contributed by atoms with Gasteiger partial charge in [-0.2, -0.15) is 0 Å². The third kappa shape index (κ3) is 7.08. The minimum absolute atomic E-state index is 0.140. The lowest BCUT2D eigenvalue weighted by Crippen LogP contribution is -2.25. The van der Waals surface area contributed by atoms with E-state index in [2.05, 4.69) is 27.7 Å². The Kier molecular flexibility index (Phi) is 9.12. The standard InChI is InChI=1S/C19H33O5P/c1-7-22-25(23-8-2)24-16(13-17(20)21)12-15(4)18-14(3)10-9-11-19(18,5)6/h13,15H,7-12H2,1-6H3,(H,20,21). The van der Waals surface area contributed by atoms with Crippen molar-refractivity contribution in [2.45, 2.75) is 67.2 Å². The summed E-state index contributed by atoms with van der Waals surface area (Å²) in [6.07, 6.45) is 5.15. The molecule has 0 saturated heterocycles. The van der Waals surface area contributed by atoms with Crippen LogP contribution in [0.25, 0.3) is 0 Å². The second-order valence-corrected chi connectivity index (χ2v) is 8.28. The number of hydrogen-bond acceptors (Lipinski definition) is 4. The van der Waals surface area contributed by atoms with Gasteiger partial charge in [-0.05, 0) is 51.4 Å². The largest absolute Gasteiger partial charge is 0.478 e. The summed E-state index contributed by atoms with van der Waals surface area (Å²) in [4.78, 5) is 11.2. The van der Waals surface area contributed by atoms with Gasteiger partial charge in [0, 0.05) is 6.42 Å². The number of rotatable bonds is 10. The fourth-order valence-electron chi connectivity index (χ4n) is 3.79. The Morgan fingerprint density at radius 1 is 1.32 bits per heavy atom. The van der Waals surface area contributed by atoms with Gasteiger partial charge < -0.3 is 18.7 Å². The van der Waals surface area contributed by atoms with Crippen LogP contribution in [0.4, 0.5) is 0 Å². The molecule has 1 aliphatic carbocycles. The molecule has 1 atom stereocenters. The van der Waals surface area contributed by atoms with Crippen molar-refractivity contribution < 1.29 is 23.5 Å². The highest BCUT2D eigenvalue weighted by atomic mass is 31.2. The monoisotopic (exact) mass is 372 g/mol. The van der Waals surface area contributed by atoms with Crippen molar-refractivity contribution in [1.82, 2.24) is 0 Å². The van der Waals surface area contributed by atoms with Gasteiger partial charge in [0.15, 0.2) is 0 Å². The summed E-state index contributed by atoms with van der Waals surface area (Å²) in [5.41, 5.74) is 2.99. The zero-order valence-electron chi connectivity index (χ0n) is 16.4. The van der Waals surface area contributed by atoms with Crippen LogP contribution >= 0.6 is 8.60 Å². The molecule has 1 rings (SSSR count). The van der Waals surface area contributed by atoms with Crippen molar-refractivity contribution in [1.29, 1.82) is 0 Å². The quantitative estimate of drug-likeness (QED) is 0.226. The highest BCUT2D eigenvalue weighted by Crippen LogP contribution is 2.47. The Morgan fingerprint density at radius 3 is 2.40 bits per heavy atom. The minimum Gasteiger partial charge on any atom is -0.478 e. The van der Waals surface area contributed by atoms with Gasteiger partial charge in [-0.25, -0.2) is 4.79 Å². The molecule has 0 aromatic heterocycles. The second-order valence-electron chi connectivity index (χ2n) is 7.14. The zero-order valence-corrected chi connectivity index (χ0v) is 17.3. The molecule has 0 aliphatic heterocycles. The SMILES string of the molecule is CCOP(OCC)OC(=CC(=O)O)CC(C)C1=C(C)CCCC1(C)C. The molecule has 6 heteroatoms. The maximum absolute atomic E-state index is 11.2. The van der Waals surface area contributed by atoms with Gasteiger partial charge in [0.25, 0.3) is 0 Å². The highest BCUT2D eigenvalue weighted by Gasteiger charge is 2.32. The van der Waals surface area contributed by atoms with Crippen molar-refractivity contribution in [3.05, 3.63) is 23.0 Å². The molecule has 1 N–H and O–H groups in total. The van der Waals surface area contributed by atoms with E-state index in [1.807, 2.05) is 13.8 Å². The predicted octanol–water partition coefficient (Wildman–Crippen LogP) is 5.82. The average molecular weight is 372 g/mol. The summed E-state index contributed by atoms with van der Waals surface area (Å²) in [5.74, 6) is -0.394. The van der Waals surface area contributed by atoms with Gasteiger partial charge in [0.2, 0.25) is 0 Å². The van der Waals surface area contributed by atoms with Crippen LogP contribution in [0, 0.1) is 11.3 Å². The molecule has 144 valence electrons. The summed E-state index contributed by atoms with van der Waals surface area (Å²) >= 11 is 0. The van der Waals surface area contributed by atoms with E-state index >= 15 is 0 Å². The fourth-order valence-corrected chi connectivity index (χ4v) is 4.71. The van der Waals surface area contributed by atoms with Gasteiger partial charge in [0.1, 0.15) is 5.76 Å². The minimum atomic E-state index is -1.56. The van der Waals surface area contributed by atoms with E-state index in [0.29, 0.717) is 25.4 Å². The van der Waals surface area contributed by atoms with Crippen molar-refractivity contribution in [2.24, 2.45) is 11.3 Å². The van der Waals surface area contributed by atoms with Gasteiger partial charge in [-0.15, -0.1) is 0 Å². The Labute approximate surface area is 153 Å². The van der Waals surface area contributed by atoms with E-state index in [0.717, 1.165) is 18.9 Å².